The smallest absolute Gasteiger partial charge is 0.252 e. The Hall–Kier alpha value is -1.75. The summed E-state index contributed by atoms with van der Waals surface area (Å²) in [6.07, 6.45) is 4.03. The largest absolute Gasteiger partial charge is 0.343 e. The topological polar surface area (TPSA) is 42.0 Å². The first kappa shape index (κ1) is 14.2. The van der Waals surface area contributed by atoms with Crippen molar-refractivity contribution in [2.75, 3.05) is 0 Å². The number of aryl methyl sites for hydroxylation is 2. The molecule has 0 unspecified atom stereocenters. The second kappa shape index (κ2) is 5.56. The number of thiazole rings is 1. The van der Waals surface area contributed by atoms with Crippen LogP contribution in [0.5, 0.6) is 0 Å². The van der Waals surface area contributed by atoms with Crippen LogP contribution in [0, 0.1) is 25.6 Å². The molecule has 1 atom stereocenters. The van der Waals surface area contributed by atoms with Crippen LogP contribution in [0.1, 0.15) is 44.7 Å². The number of nitrogens with zero attached hydrogens (tertiary/aromatic N) is 1. The molecule has 1 saturated carbocycles. The normalized spacial score (nSPS) is 15.8. The highest BCUT2D eigenvalue weighted by molar-refractivity contribution is 7.11. The number of hydrogen-bond donors (Lipinski definition) is 1. The Morgan fingerprint density at radius 3 is 2.81 bits per heavy atom. The quantitative estimate of drug-likeness (QED) is 0.934. The molecule has 1 aliphatic rings. The summed E-state index contributed by atoms with van der Waals surface area (Å²) >= 11 is 1.61. The molecule has 1 aromatic heterocycles. The van der Waals surface area contributed by atoms with Crippen molar-refractivity contribution in [3.8, 4) is 0 Å². The molecule has 2 aromatic rings. The van der Waals surface area contributed by atoms with Gasteiger partial charge in [-0.3, -0.25) is 4.79 Å². The molecule has 0 saturated heterocycles. The van der Waals surface area contributed by atoms with Crippen molar-refractivity contribution in [3.05, 3.63) is 51.2 Å². The van der Waals surface area contributed by atoms with E-state index in [9.17, 15) is 9.18 Å². The highest BCUT2D eigenvalue weighted by Crippen LogP contribution is 2.42. The molecule has 0 aliphatic heterocycles. The van der Waals surface area contributed by atoms with Gasteiger partial charge >= 0.3 is 0 Å². The first-order valence-electron chi connectivity index (χ1n) is 7.04. The van der Waals surface area contributed by atoms with Gasteiger partial charge in [-0.15, -0.1) is 11.3 Å². The summed E-state index contributed by atoms with van der Waals surface area (Å²) in [6, 6.07) is 4.24. The van der Waals surface area contributed by atoms with Crippen molar-refractivity contribution in [1.29, 1.82) is 0 Å². The summed E-state index contributed by atoms with van der Waals surface area (Å²) in [5.41, 5.74) is 1.17. The fourth-order valence-electron chi connectivity index (χ4n) is 2.38. The minimum absolute atomic E-state index is 0.0566. The van der Waals surface area contributed by atoms with Gasteiger partial charge < -0.3 is 5.32 Å². The Bertz CT molecular complexity index is 679. The van der Waals surface area contributed by atoms with Crippen LogP contribution in [0.25, 0.3) is 0 Å². The molecule has 0 radical (unpaired) electrons. The molecule has 3 nitrogen and oxygen atoms in total. The Morgan fingerprint density at radius 2 is 2.19 bits per heavy atom. The Morgan fingerprint density at radius 1 is 1.43 bits per heavy atom. The van der Waals surface area contributed by atoms with Gasteiger partial charge in [0.15, 0.2) is 0 Å². The number of carbonyl (C=O) groups excluding carboxylic acids is 1. The summed E-state index contributed by atoms with van der Waals surface area (Å²) in [4.78, 5) is 18.0. The van der Waals surface area contributed by atoms with Crippen LogP contribution in [-0.4, -0.2) is 10.9 Å². The van der Waals surface area contributed by atoms with Crippen LogP contribution in [-0.2, 0) is 0 Å². The van der Waals surface area contributed by atoms with Crippen molar-refractivity contribution in [2.45, 2.75) is 32.7 Å². The summed E-state index contributed by atoms with van der Waals surface area (Å²) in [7, 11) is 0. The SMILES string of the molecule is Cc1cnc([C@H](NC(=O)c2cc(F)ccc2C)C2CC2)s1. The van der Waals surface area contributed by atoms with Gasteiger partial charge in [0.1, 0.15) is 10.8 Å². The molecule has 21 heavy (non-hydrogen) atoms. The fraction of sp³-hybridized carbons (Fsp3) is 0.375. The molecular weight excluding hydrogens is 287 g/mol. The number of halogens is 1. The lowest BCUT2D eigenvalue weighted by Crippen LogP contribution is -2.30. The van der Waals surface area contributed by atoms with E-state index in [1.54, 1.807) is 17.4 Å². The van der Waals surface area contributed by atoms with Crippen LogP contribution in [0.3, 0.4) is 0 Å². The predicted molar refractivity (Wildman–Crippen MR) is 80.9 cm³/mol. The van der Waals surface area contributed by atoms with E-state index in [4.69, 9.17) is 0 Å². The highest BCUT2D eigenvalue weighted by Gasteiger charge is 2.35. The minimum Gasteiger partial charge on any atom is -0.343 e. The molecule has 3 rings (SSSR count). The first-order chi connectivity index (χ1) is 10.0. The maximum absolute atomic E-state index is 13.4. The molecular formula is C16H17FN2OS. The summed E-state index contributed by atoms with van der Waals surface area (Å²) in [5.74, 6) is -0.163. The number of nitrogens with one attached hydrogen (secondary N) is 1. The van der Waals surface area contributed by atoms with E-state index in [0.29, 0.717) is 11.5 Å². The third kappa shape index (κ3) is 3.13. The predicted octanol–water partition coefficient (Wildman–Crippen LogP) is 3.78. The van der Waals surface area contributed by atoms with Gasteiger partial charge in [-0.05, 0) is 50.3 Å². The lowest BCUT2D eigenvalue weighted by atomic mass is 10.1. The van der Waals surface area contributed by atoms with Crippen LogP contribution in [0.4, 0.5) is 4.39 Å². The van der Waals surface area contributed by atoms with Gasteiger partial charge in [0.25, 0.3) is 5.91 Å². The number of amides is 1. The van der Waals surface area contributed by atoms with E-state index >= 15 is 0 Å². The van der Waals surface area contributed by atoms with Crippen LogP contribution < -0.4 is 5.32 Å². The molecule has 1 amide bonds. The zero-order valence-corrected chi connectivity index (χ0v) is 12.8. The maximum Gasteiger partial charge on any atom is 0.252 e. The summed E-state index contributed by atoms with van der Waals surface area (Å²) in [5, 5.41) is 3.98. The van der Waals surface area contributed by atoms with Gasteiger partial charge in [0.2, 0.25) is 0 Å². The Balaban J connectivity index is 1.83. The molecule has 110 valence electrons. The summed E-state index contributed by atoms with van der Waals surface area (Å²) < 4.78 is 13.4. The average Bonchev–Trinajstić information content (AvgIpc) is 3.20. The van der Waals surface area contributed by atoms with E-state index in [0.717, 1.165) is 28.3 Å². The van der Waals surface area contributed by atoms with Crippen molar-refractivity contribution in [1.82, 2.24) is 10.3 Å². The van der Waals surface area contributed by atoms with Crippen LogP contribution in [0.2, 0.25) is 0 Å². The zero-order valence-electron chi connectivity index (χ0n) is 12.0. The standard InChI is InChI=1S/C16H17FN2OS/c1-9-3-6-12(17)7-13(9)15(20)19-14(11-4-5-11)16-18-8-10(2)21-16/h3,6-8,11,14H,4-5H2,1-2H3,(H,19,20)/t14-/m1/s1. The van der Waals surface area contributed by atoms with E-state index in [1.807, 2.05) is 20.0 Å². The number of rotatable bonds is 4. The third-order valence-corrected chi connectivity index (χ3v) is 4.73. The molecule has 1 fully saturated rings. The summed E-state index contributed by atoms with van der Waals surface area (Å²) in [6.45, 7) is 3.82. The van der Waals surface area contributed by atoms with Gasteiger partial charge in [-0.2, -0.15) is 0 Å². The van der Waals surface area contributed by atoms with E-state index in [2.05, 4.69) is 10.3 Å². The van der Waals surface area contributed by atoms with Gasteiger partial charge in [-0.25, -0.2) is 9.37 Å². The van der Waals surface area contributed by atoms with Crippen molar-refractivity contribution < 1.29 is 9.18 Å². The lowest BCUT2D eigenvalue weighted by Gasteiger charge is -2.16. The highest BCUT2D eigenvalue weighted by atomic mass is 32.1. The average molecular weight is 304 g/mol. The first-order valence-corrected chi connectivity index (χ1v) is 7.85. The number of hydrogen-bond acceptors (Lipinski definition) is 3. The molecule has 1 aliphatic carbocycles. The van der Waals surface area contributed by atoms with E-state index in [-0.39, 0.29) is 17.8 Å². The van der Waals surface area contributed by atoms with Gasteiger partial charge in [0, 0.05) is 16.6 Å². The fourth-order valence-corrected chi connectivity index (χ4v) is 3.30. The Kier molecular flexibility index (Phi) is 3.76. The molecule has 5 heteroatoms. The van der Waals surface area contributed by atoms with Gasteiger partial charge in [-0.1, -0.05) is 6.07 Å². The molecule has 0 bridgehead atoms. The van der Waals surface area contributed by atoms with Crippen LogP contribution in [0.15, 0.2) is 24.4 Å². The van der Waals surface area contributed by atoms with E-state index < -0.39 is 0 Å². The van der Waals surface area contributed by atoms with Crippen LogP contribution >= 0.6 is 11.3 Å². The lowest BCUT2D eigenvalue weighted by molar-refractivity contribution is 0.0930. The molecule has 1 heterocycles. The molecule has 1 aromatic carbocycles. The van der Waals surface area contributed by atoms with E-state index in [1.165, 1.54) is 12.1 Å². The minimum atomic E-state index is -0.390. The number of aromatic nitrogens is 1. The second-order valence-electron chi connectivity index (χ2n) is 5.56. The van der Waals surface area contributed by atoms with Gasteiger partial charge in [0.05, 0.1) is 6.04 Å². The zero-order chi connectivity index (χ0) is 15.0. The number of benzene rings is 1. The number of carbonyl (C=O) groups is 1. The molecule has 0 spiro atoms. The van der Waals surface area contributed by atoms with Crippen molar-refractivity contribution >= 4 is 17.2 Å². The third-order valence-electron chi connectivity index (χ3n) is 3.73. The second-order valence-corrected chi connectivity index (χ2v) is 6.82. The maximum atomic E-state index is 13.4. The van der Waals surface area contributed by atoms with Crippen molar-refractivity contribution in [2.24, 2.45) is 5.92 Å². The Labute approximate surface area is 127 Å². The monoisotopic (exact) mass is 304 g/mol. The van der Waals surface area contributed by atoms with Crippen molar-refractivity contribution in [3.63, 3.8) is 0 Å². The molecule has 1 N–H and O–H groups in total.